The molecule has 3 N–H and O–H groups in total. The molecule has 1 aromatic carbocycles. The summed E-state index contributed by atoms with van der Waals surface area (Å²) >= 11 is 18.0. The van der Waals surface area contributed by atoms with Gasteiger partial charge in [-0.1, -0.05) is 29.3 Å². The summed E-state index contributed by atoms with van der Waals surface area (Å²) in [5, 5.41) is 5.20. The second-order valence-corrected chi connectivity index (χ2v) is 7.16. The Bertz CT molecular complexity index is 785. The number of ether oxygens (including phenoxy) is 1. The largest absolute Gasteiger partial charge is 0.492 e. The quantitative estimate of drug-likeness (QED) is 0.370. The number of benzene rings is 1. The zero-order valence-corrected chi connectivity index (χ0v) is 16.5. The topological polar surface area (TPSA) is 79.5 Å². The lowest BCUT2D eigenvalue weighted by Crippen LogP contribution is -2.48. The molecule has 6 nitrogen and oxygen atoms in total. The third kappa shape index (κ3) is 6.80. The first-order valence-electron chi connectivity index (χ1n) is 7.47. The summed E-state index contributed by atoms with van der Waals surface area (Å²) in [5.41, 5.74) is 4.88. The Morgan fingerprint density at radius 2 is 2.00 bits per heavy atom. The van der Waals surface area contributed by atoms with E-state index in [0.717, 1.165) is 0 Å². The van der Waals surface area contributed by atoms with Crippen molar-refractivity contribution in [3.63, 3.8) is 0 Å². The van der Waals surface area contributed by atoms with Crippen LogP contribution in [0.2, 0.25) is 10.0 Å². The van der Waals surface area contributed by atoms with Crippen LogP contribution in [0.3, 0.4) is 0 Å². The SMILES string of the molecule is O=C(CCCOc1ccc(Cl)cc1Cl)NC(=S)NNC(=O)c1cccs1. The molecule has 0 saturated carbocycles. The minimum atomic E-state index is -0.329. The second-order valence-electron chi connectivity index (χ2n) is 4.96. The van der Waals surface area contributed by atoms with Crippen LogP contribution < -0.4 is 20.9 Å². The van der Waals surface area contributed by atoms with Gasteiger partial charge in [0.05, 0.1) is 16.5 Å². The third-order valence-electron chi connectivity index (χ3n) is 2.99. The summed E-state index contributed by atoms with van der Waals surface area (Å²) in [5.74, 6) is -0.117. The van der Waals surface area contributed by atoms with Gasteiger partial charge in [0.2, 0.25) is 5.91 Å². The van der Waals surface area contributed by atoms with Crippen molar-refractivity contribution in [1.29, 1.82) is 0 Å². The van der Waals surface area contributed by atoms with Crippen LogP contribution in [0.1, 0.15) is 22.5 Å². The van der Waals surface area contributed by atoms with Gasteiger partial charge in [0, 0.05) is 11.4 Å². The molecule has 2 amide bonds. The number of thiophene rings is 1. The van der Waals surface area contributed by atoms with E-state index >= 15 is 0 Å². The summed E-state index contributed by atoms with van der Waals surface area (Å²) in [6.07, 6.45) is 0.668. The van der Waals surface area contributed by atoms with Crippen LogP contribution in [-0.2, 0) is 4.79 Å². The summed E-state index contributed by atoms with van der Waals surface area (Å²) < 4.78 is 5.49. The van der Waals surface area contributed by atoms with Crippen LogP contribution in [0.4, 0.5) is 0 Å². The predicted molar refractivity (Wildman–Crippen MR) is 107 cm³/mol. The Hall–Kier alpha value is -1.87. The first-order valence-corrected chi connectivity index (χ1v) is 9.51. The highest BCUT2D eigenvalue weighted by Crippen LogP contribution is 2.27. The van der Waals surface area contributed by atoms with Gasteiger partial charge in [-0.3, -0.25) is 20.4 Å². The van der Waals surface area contributed by atoms with Crippen molar-refractivity contribution in [2.75, 3.05) is 6.61 Å². The normalized spacial score (nSPS) is 10.1. The van der Waals surface area contributed by atoms with E-state index in [2.05, 4.69) is 16.2 Å². The van der Waals surface area contributed by atoms with E-state index in [-0.39, 0.29) is 23.3 Å². The Kier molecular flexibility index (Phi) is 8.11. The standard InChI is InChI=1S/C16H15Cl2N3O3S2/c17-10-5-6-12(11(18)9-10)24-7-1-4-14(22)19-16(25)21-20-15(23)13-3-2-8-26-13/h2-3,5-6,8-9H,1,4,7H2,(H,20,23)(H2,19,21,22,25). The highest BCUT2D eigenvalue weighted by molar-refractivity contribution is 7.80. The molecule has 2 aromatic rings. The lowest BCUT2D eigenvalue weighted by Gasteiger charge is -2.11. The molecule has 0 bridgehead atoms. The maximum atomic E-state index is 11.8. The van der Waals surface area contributed by atoms with E-state index < -0.39 is 0 Å². The number of hydrogen-bond donors (Lipinski definition) is 3. The number of hydrogen-bond acceptors (Lipinski definition) is 5. The van der Waals surface area contributed by atoms with E-state index in [4.69, 9.17) is 40.2 Å². The number of rotatable bonds is 6. The van der Waals surface area contributed by atoms with Crippen molar-refractivity contribution in [1.82, 2.24) is 16.2 Å². The molecular weight excluding hydrogens is 417 g/mol. The fourth-order valence-corrected chi connectivity index (χ4v) is 3.06. The van der Waals surface area contributed by atoms with E-state index in [0.29, 0.717) is 33.7 Å². The molecule has 0 saturated heterocycles. The van der Waals surface area contributed by atoms with Crippen molar-refractivity contribution in [3.05, 3.63) is 50.6 Å². The van der Waals surface area contributed by atoms with Gasteiger partial charge in [-0.05, 0) is 48.3 Å². The van der Waals surface area contributed by atoms with Gasteiger partial charge in [-0.2, -0.15) is 0 Å². The Balaban J connectivity index is 1.62. The molecule has 2 rings (SSSR count). The highest BCUT2D eigenvalue weighted by Gasteiger charge is 2.09. The molecule has 1 heterocycles. The molecule has 0 unspecified atom stereocenters. The maximum Gasteiger partial charge on any atom is 0.279 e. The van der Waals surface area contributed by atoms with E-state index in [1.54, 1.807) is 35.7 Å². The molecule has 0 spiro atoms. The first-order chi connectivity index (χ1) is 12.5. The summed E-state index contributed by atoms with van der Waals surface area (Å²) in [7, 11) is 0. The maximum absolute atomic E-state index is 11.8. The average molecular weight is 432 g/mol. The van der Waals surface area contributed by atoms with Gasteiger partial charge in [-0.25, -0.2) is 0 Å². The fourth-order valence-electron chi connectivity index (χ4n) is 1.81. The van der Waals surface area contributed by atoms with Crippen molar-refractivity contribution in [2.45, 2.75) is 12.8 Å². The monoisotopic (exact) mass is 431 g/mol. The molecule has 1 aromatic heterocycles. The van der Waals surface area contributed by atoms with E-state index in [1.807, 2.05) is 0 Å². The number of nitrogens with one attached hydrogen (secondary N) is 3. The zero-order chi connectivity index (χ0) is 18.9. The van der Waals surface area contributed by atoms with Gasteiger partial charge in [0.1, 0.15) is 5.75 Å². The van der Waals surface area contributed by atoms with Crippen LogP contribution in [0.25, 0.3) is 0 Å². The molecule has 0 aliphatic heterocycles. The smallest absolute Gasteiger partial charge is 0.279 e. The van der Waals surface area contributed by atoms with Crippen LogP contribution in [0, 0.1) is 0 Å². The molecule has 0 atom stereocenters. The lowest BCUT2D eigenvalue weighted by molar-refractivity contribution is -0.119. The van der Waals surface area contributed by atoms with Crippen LogP contribution >= 0.6 is 46.8 Å². The van der Waals surface area contributed by atoms with Gasteiger partial charge in [-0.15, -0.1) is 11.3 Å². The number of thiocarbonyl (C=S) groups is 1. The highest BCUT2D eigenvalue weighted by atomic mass is 35.5. The molecule has 0 radical (unpaired) electrons. The molecule has 26 heavy (non-hydrogen) atoms. The van der Waals surface area contributed by atoms with Gasteiger partial charge >= 0.3 is 0 Å². The molecule has 0 aliphatic rings. The van der Waals surface area contributed by atoms with Crippen LogP contribution in [0.5, 0.6) is 5.75 Å². The van der Waals surface area contributed by atoms with Crippen molar-refractivity contribution >= 4 is 63.7 Å². The van der Waals surface area contributed by atoms with E-state index in [9.17, 15) is 9.59 Å². The van der Waals surface area contributed by atoms with Gasteiger partial charge in [0.25, 0.3) is 5.91 Å². The summed E-state index contributed by atoms with van der Waals surface area (Å²) in [4.78, 5) is 24.1. The first kappa shape index (κ1) is 20.4. The number of carbonyl (C=O) groups excluding carboxylic acids is 2. The lowest BCUT2D eigenvalue weighted by atomic mass is 10.3. The summed E-state index contributed by atoms with van der Waals surface area (Å²) in [6.45, 7) is 0.310. The van der Waals surface area contributed by atoms with Crippen molar-refractivity contribution in [3.8, 4) is 5.75 Å². The van der Waals surface area contributed by atoms with Crippen molar-refractivity contribution in [2.24, 2.45) is 0 Å². The number of hydrazine groups is 1. The van der Waals surface area contributed by atoms with E-state index in [1.165, 1.54) is 11.3 Å². The zero-order valence-electron chi connectivity index (χ0n) is 13.4. The van der Waals surface area contributed by atoms with Crippen LogP contribution in [-0.4, -0.2) is 23.5 Å². The number of amides is 2. The Labute approximate surface area is 169 Å². The Morgan fingerprint density at radius 3 is 2.69 bits per heavy atom. The number of halogens is 2. The fraction of sp³-hybridized carbons (Fsp3) is 0.188. The van der Waals surface area contributed by atoms with Gasteiger partial charge < -0.3 is 10.1 Å². The minimum Gasteiger partial charge on any atom is -0.492 e. The minimum absolute atomic E-state index is 0.0153. The predicted octanol–water partition coefficient (Wildman–Crippen LogP) is 3.55. The molecule has 10 heteroatoms. The molecule has 0 fully saturated rings. The molecular formula is C16H15Cl2N3O3S2. The number of carbonyl (C=O) groups is 2. The Morgan fingerprint density at radius 1 is 1.19 bits per heavy atom. The molecule has 138 valence electrons. The summed E-state index contributed by atoms with van der Waals surface area (Å²) in [6, 6.07) is 8.36. The van der Waals surface area contributed by atoms with Crippen molar-refractivity contribution < 1.29 is 14.3 Å². The van der Waals surface area contributed by atoms with Crippen LogP contribution in [0.15, 0.2) is 35.7 Å². The second kappa shape index (κ2) is 10.3. The third-order valence-corrected chi connectivity index (χ3v) is 4.59. The van der Waals surface area contributed by atoms with Gasteiger partial charge in [0.15, 0.2) is 5.11 Å². The molecule has 0 aliphatic carbocycles. The average Bonchev–Trinajstić information content (AvgIpc) is 3.13.